The van der Waals surface area contributed by atoms with Crippen LogP contribution in [0.25, 0.3) is 0 Å². The number of rotatable bonds is 3. The molecule has 2 heterocycles. The van der Waals surface area contributed by atoms with Gasteiger partial charge in [0.25, 0.3) is 0 Å². The molecule has 0 bridgehead atoms. The quantitative estimate of drug-likeness (QED) is 0.817. The molecule has 0 spiro atoms. The molecule has 6 heteroatoms. The van der Waals surface area contributed by atoms with E-state index in [0.29, 0.717) is 11.4 Å². The van der Waals surface area contributed by atoms with Gasteiger partial charge in [-0.15, -0.1) is 0 Å². The van der Waals surface area contributed by atoms with Crippen LogP contribution in [-0.2, 0) is 0 Å². The van der Waals surface area contributed by atoms with Gasteiger partial charge in [0.15, 0.2) is 0 Å². The predicted octanol–water partition coefficient (Wildman–Crippen LogP) is 2.50. The minimum absolute atomic E-state index is 0.0393. The summed E-state index contributed by atoms with van der Waals surface area (Å²) < 4.78 is 0. The maximum absolute atomic E-state index is 8.82. The van der Waals surface area contributed by atoms with E-state index in [1.807, 2.05) is 13.0 Å². The fourth-order valence-electron chi connectivity index (χ4n) is 1.44. The molecular formula is C11H10ClN5. The lowest BCUT2D eigenvalue weighted by molar-refractivity contribution is 0.804. The van der Waals surface area contributed by atoms with Gasteiger partial charge in [-0.25, -0.2) is 9.97 Å². The minimum atomic E-state index is -0.0393. The van der Waals surface area contributed by atoms with Crippen LogP contribution in [0.3, 0.4) is 0 Å². The fourth-order valence-corrected chi connectivity index (χ4v) is 1.65. The average molecular weight is 248 g/mol. The van der Waals surface area contributed by atoms with Gasteiger partial charge in [-0.05, 0) is 19.1 Å². The lowest BCUT2D eigenvalue weighted by Crippen LogP contribution is -2.09. The molecule has 2 aromatic rings. The van der Waals surface area contributed by atoms with E-state index in [0.717, 1.165) is 5.82 Å². The van der Waals surface area contributed by atoms with E-state index in [9.17, 15) is 0 Å². The fraction of sp³-hybridized carbons (Fsp3) is 0.182. The van der Waals surface area contributed by atoms with Gasteiger partial charge < -0.3 is 10.3 Å². The van der Waals surface area contributed by atoms with Crippen molar-refractivity contribution in [2.24, 2.45) is 0 Å². The van der Waals surface area contributed by atoms with Crippen LogP contribution < -0.4 is 5.32 Å². The van der Waals surface area contributed by atoms with Crippen LogP contribution in [0.2, 0.25) is 5.15 Å². The molecule has 0 radical (unpaired) electrons. The molecule has 0 aliphatic rings. The summed E-state index contributed by atoms with van der Waals surface area (Å²) >= 11 is 5.81. The Morgan fingerprint density at radius 2 is 2.35 bits per heavy atom. The zero-order chi connectivity index (χ0) is 12.3. The number of hydrogen-bond acceptors (Lipinski definition) is 4. The molecule has 0 saturated carbocycles. The van der Waals surface area contributed by atoms with Crippen LogP contribution in [-0.4, -0.2) is 15.0 Å². The Hall–Kier alpha value is -2.06. The Balaban J connectivity index is 2.19. The van der Waals surface area contributed by atoms with Crippen LogP contribution in [0.5, 0.6) is 0 Å². The first kappa shape index (κ1) is 11.4. The highest BCUT2D eigenvalue weighted by atomic mass is 35.5. The van der Waals surface area contributed by atoms with Crippen LogP contribution >= 0.6 is 11.6 Å². The lowest BCUT2D eigenvalue weighted by Gasteiger charge is -2.12. The van der Waals surface area contributed by atoms with Crippen LogP contribution in [0.4, 0.5) is 5.82 Å². The SMILES string of the molecule is CC(Nc1cc(C#N)cc(Cl)n1)c1ncc[nH]1. The number of aromatic nitrogens is 3. The number of halogens is 1. The molecule has 5 nitrogen and oxygen atoms in total. The summed E-state index contributed by atoms with van der Waals surface area (Å²) in [6.07, 6.45) is 3.43. The van der Waals surface area contributed by atoms with Gasteiger partial charge in [-0.3, -0.25) is 0 Å². The van der Waals surface area contributed by atoms with Crippen LogP contribution in [0.15, 0.2) is 24.5 Å². The molecule has 0 fully saturated rings. The topological polar surface area (TPSA) is 77.4 Å². The largest absolute Gasteiger partial charge is 0.360 e. The summed E-state index contributed by atoms with van der Waals surface area (Å²) in [5, 5.41) is 12.2. The van der Waals surface area contributed by atoms with Crippen molar-refractivity contribution in [3.8, 4) is 6.07 Å². The van der Waals surface area contributed by atoms with Crippen molar-refractivity contribution in [2.45, 2.75) is 13.0 Å². The van der Waals surface area contributed by atoms with Crippen molar-refractivity contribution in [2.75, 3.05) is 5.32 Å². The summed E-state index contributed by atoms with van der Waals surface area (Å²) in [7, 11) is 0. The summed E-state index contributed by atoms with van der Waals surface area (Å²) in [6.45, 7) is 1.94. The second kappa shape index (κ2) is 4.85. The van der Waals surface area contributed by atoms with Crippen molar-refractivity contribution < 1.29 is 0 Å². The maximum atomic E-state index is 8.82. The Morgan fingerprint density at radius 3 is 3.00 bits per heavy atom. The van der Waals surface area contributed by atoms with Crippen molar-refractivity contribution in [1.29, 1.82) is 5.26 Å². The summed E-state index contributed by atoms with van der Waals surface area (Å²) in [5.41, 5.74) is 0.471. The van der Waals surface area contributed by atoms with Crippen molar-refractivity contribution in [3.63, 3.8) is 0 Å². The first-order valence-electron chi connectivity index (χ1n) is 5.02. The van der Waals surface area contributed by atoms with Gasteiger partial charge in [0.05, 0.1) is 17.7 Å². The van der Waals surface area contributed by atoms with E-state index in [1.165, 1.54) is 6.07 Å². The molecular weight excluding hydrogens is 238 g/mol. The molecule has 17 heavy (non-hydrogen) atoms. The highest BCUT2D eigenvalue weighted by Gasteiger charge is 2.09. The van der Waals surface area contributed by atoms with E-state index >= 15 is 0 Å². The molecule has 2 aromatic heterocycles. The first-order valence-corrected chi connectivity index (χ1v) is 5.40. The second-order valence-electron chi connectivity index (χ2n) is 3.52. The van der Waals surface area contributed by atoms with Gasteiger partial charge >= 0.3 is 0 Å². The Labute approximate surface area is 103 Å². The Bertz CT molecular complexity index is 543. The molecule has 0 amide bonds. The van der Waals surface area contributed by atoms with Crippen molar-refractivity contribution in [1.82, 2.24) is 15.0 Å². The molecule has 2 N–H and O–H groups in total. The van der Waals surface area contributed by atoms with Gasteiger partial charge in [-0.1, -0.05) is 11.6 Å². The molecule has 0 aliphatic heterocycles. The van der Waals surface area contributed by atoms with Crippen LogP contribution in [0, 0.1) is 11.3 Å². The molecule has 1 unspecified atom stereocenters. The third-order valence-electron chi connectivity index (χ3n) is 2.22. The normalized spacial score (nSPS) is 11.8. The molecule has 0 aromatic carbocycles. The summed E-state index contributed by atoms with van der Waals surface area (Å²) in [6, 6.07) is 5.15. The van der Waals surface area contributed by atoms with E-state index in [4.69, 9.17) is 16.9 Å². The number of pyridine rings is 1. The lowest BCUT2D eigenvalue weighted by atomic mass is 10.2. The van der Waals surface area contributed by atoms with Gasteiger partial charge in [0.1, 0.15) is 16.8 Å². The zero-order valence-corrected chi connectivity index (χ0v) is 9.86. The smallest absolute Gasteiger partial charge is 0.132 e. The third kappa shape index (κ3) is 2.74. The first-order chi connectivity index (χ1) is 8.19. The van der Waals surface area contributed by atoms with E-state index in [-0.39, 0.29) is 11.2 Å². The number of aromatic amines is 1. The second-order valence-corrected chi connectivity index (χ2v) is 3.90. The Morgan fingerprint density at radius 1 is 1.53 bits per heavy atom. The number of H-pyrrole nitrogens is 1. The highest BCUT2D eigenvalue weighted by molar-refractivity contribution is 6.29. The standard InChI is InChI=1S/C11H10ClN5/c1-7(11-14-2-3-15-11)16-10-5-8(6-13)4-9(12)17-10/h2-5,7H,1H3,(H,14,15)(H,16,17). The maximum Gasteiger partial charge on any atom is 0.132 e. The molecule has 0 saturated heterocycles. The number of hydrogen-bond donors (Lipinski definition) is 2. The van der Waals surface area contributed by atoms with Crippen molar-refractivity contribution >= 4 is 17.4 Å². The summed E-state index contributed by atoms with van der Waals surface area (Å²) in [5.74, 6) is 1.35. The number of nitrogens with zero attached hydrogens (tertiary/aromatic N) is 3. The van der Waals surface area contributed by atoms with Gasteiger partial charge in [0, 0.05) is 12.4 Å². The summed E-state index contributed by atoms with van der Waals surface area (Å²) in [4.78, 5) is 11.2. The zero-order valence-electron chi connectivity index (χ0n) is 9.11. The number of imidazole rings is 1. The number of nitriles is 1. The molecule has 86 valence electrons. The molecule has 0 aliphatic carbocycles. The number of anilines is 1. The number of nitrogens with one attached hydrogen (secondary N) is 2. The van der Waals surface area contributed by atoms with E-state index in [1.54, 1.807) is 18.5 Å². The van der Waals surface area contributed by atoms with Crippen molar-refractivity contribution in [3.05, 3.63) is 41.1 Å². The third-order valence-corrected chi connectivity index (χ3v) is 2.41. The minimum Gasteiger partial charge on any atom is -0.360 e. The Kier molecular flexibility index (Phi) is 3.26. The van der Waals surface area contributed by atoms with Crippen LogP contribution in [0.1, 0.15) is 24.4 Å². The molecule has 2 rings (SSSR count). The highest BCUT2D eigenvalue weighted by Crippen LogP contribution is 2.18. The average Bonchev–Trinajstić information content (AvgIpc) is 2.81. The van der Waals surface area contributed by atoms with Gasteiger partial charge in [0.2, 0.25) is 0 Å². The predicted molar refractivity (Wildman–Crippen MR) is 64.6 cm³/mol. The monoisotopic (exact) mass is 247 g/mol. The molecule has 1 atom stereocenters. The van der Waals surface area contributed by atoms with Gasteiger partial charge in [-0.2, -0.15) is 5.26 Å². The van der Waals surface area contributed by atoms with E-state index < -0.39 is 0 Å². The van der Waals surface area contributed by atoms with E-state index in [2.05, 4.69) is 20.3 Å².